The predicted octanol–water partition coefficient (Wildman–Crippen LogP) is 2.07. The van der Waals surface area contributed by atoms with Gasteiger partial charge in [-0.05, 0) is 49.5 Å². The number of imidazole rings is 1. The number of anilines is 2. The van der Waals surface area contributed by atoms with Gasteiger partial charge in [0.15, 0.2) is 17.7 Å². The van der Waals surface area contributed by atoms with Crippen molar-refractivity contribution in [2.24, 2.45) is 0 Å². The molecular weight excluding hydrogens is 474 g/mol. The van der Waals surface area contributed by atoms with Crippen LogP contribution in [-0.2, 0) is 14.9 Å². The molecule has 4 atom stereocenters. The zero-order chi connectivity index (χ0) is 26.7. The number of aliphatic hydroxyl groups excluding tert-OH is 2. The van der Waals surface area contributed by atoms with E-state index in [1.807, 2.05) is 36.2 Å². The first kappa shape index (κ1) is 26.9. The normalized spacial score (nSPS) is 22.1. The number of nitrogens with two attached hydrogens (primary N) is 1. The Morgan fingerprint density at radius 1 is 1.14 bits per heavy atom. The van der Waals surface area contributed by atoms with Crippen molar-refractivity contribution < 1.29 is 19.7 Å². The first-order valence-corrected chi connectivity index (χ1v) is 12.6. The van der Waals surface area contributed by atoms with E-state index in [0.29, 0.717) is 24.1 Å². The maximum atomic E-state index is 12.3. The van der Waals surface area contributed by atoms with Gasteiger partial charge < -0.3 is 30.9 Å². The lowest BCUT2D eigenvalue weighted by Crippen LogP contribution is -2.38. The van der Waals surface area contributed by atoms with Gasteiger partial charge in [-0.25, -0.2) is 15.0 Å². The molecule has 1 aliphatic heterocycles. The van der Waals surface area contributed by atoms with Crippen LogP contribution in [0.5, 0.6) is 0 Å². The van der Waals surface area contributed by atoms with E-state index in [2.05, 4.69) is 41.0 Å². The van der Waals surface area contributed by atoms with Crippen LogP contribution in [0.4, 0.5) is 11.5 Å². The molecule has 200 valence electrons. The summed E-state index contributed by atoms with van der Waals surface area (Å²) < 4.78 is 7.57. The second-order valence-corrected chi connectivity index (χ2v) is 10.7. The van der Waals surface area contributed by atoms with E-state index in [-0.39, 0.29) is 17.1 Å². The summed E-state index contributed by atoms with van der Waals surface area (Å²) in [6.07, 6.45) is 1.12. The molecule has 4 unspecified atom stereocenters. The predicted molar refractivity (Wildman–Crippen MR) is 141 cm³/mol. The van der Waals surface area contributed by atoms with Gasteiger partial charge >= 0.3 is 0 Å². The number of carbonyl (C=O) groups is 1. The molecule has 0 aliphatic carbocycles. The number of aromatic nitrogens is 4. The van der Waals surface area contributed by atoms with Crippen molar-refractivity contribution in [2.75, 3.05) is 31.2 Å². The van der Waals surface area contributed by atoms with Gasteiger partial charge in [0.25, 0.3) is 0 Å². The number of rotatable bonds is 9. The Kier molecular flexibility index (Phi) is 8.08. The van der Waals surface area contributed by atoms with E-state index >= 15 is 0 Å². The van der Waals surface area contributed by atoms with Crippen LogP contribution >= 0.6 is 0 Å². The van der Waals surface area contributed by atoms with Crippen molar-refractivity contribution >= 4 is 28.6 Å². The van der Waals surface area contributed by atoms with Crippen molar-refractivity contribution in [2.45, 2.75) is 70.0 Å². The molecule has 0 bridgehead atoms. The van der Waals surface area contributed by atoms with E-state index in [9.17, 15) is 15.0 Å². The molecule has 2 aromatic heterocycles. The van der Waals surface area contributed by atoms with Crippen LogP contribution in [0.15, 0.2) is 36.9 Å². The van der Waals surface area contributed by atoms with E-state index in [0.717, 1.165) is 25.1 Å². The van der Waals surface area contributed by atoms with Gasteiger partial charge in [-0.3, -0.25) is 9.36 Å². The minimum absolute atomic E-state index is 0.0105. The van der Waals surface area contributed by atoms with E-state index in [1.165, 1.54) is 18.2 Å². The van der Waals surface area contributed by atoms with Crippen LogP contribution in [0.2, 0.25) is 0 Å². The van der Waals surface area contributed by atoms with Gasteiger partial charge in [0, 0.05) is 18.7 Å². The summed E-state index contributed by atoms with van der Waals surface area (Å²) >= 11 is 0. The smallest absolute Gasteiger partial charge is 0.224 e. The Bertz CT molecular complexity index is 1210. The van der Waals surface area contributed by atoms with Gasteiger partial charge in [0.05, 0.1) is 6.33 Å². The number of hydrogen-bond donors (Lipinski definition) is 4. The van der Waals surface area contributed by atoms with E-state index in [1.54, 1.807) is 4.57 Å². The number of ether oxygens (including phenoxy) is 1. The largest absolute Gasteiger partial charge is 0.387 e. The van der Waals surface area contributed by atoms with Gasteiger partial charge in [0.1, 0.15) is 30.2 Å². The fourth-order valence-corrected chi connectivity index (χ4v) is 4.51. The second kappa shape index (κ2) is 11.1. The molecule has 0 spiro atoms. The van der Waals surface area contributed by atoms with Crippen molar-refractivity contribution in [1.82, 2.24) is 24.4 Å². The number of nitrogens with zero attached hydrogens (tertiary/aromatic N) is 5. The first-order valence-electron chi connectivity index (χ1n) is 12.6. The van der Waals surface area contributed by atoms with Crippen LogP contribution in [0.25, 0.3) is 11.2 Å². The molecule has 3 aromatic rings. The number of nitrogens with one attached hydrogen (secondary N) is 1. The molecule has 1 aromatic carbocycles. The van der Waals surface area contributed by atoms with Crippen LogP contribution < -0.4 is 11.1 Å². The Hall–Kier alpha value is -3.12. The molecule has 11 nitrogen and oxygen atoms in total. The second-order valence-electron chi connectivity index (χ2n) is 10.7. The highest BCUT2D eigenvalue weighted by molar-refractivity contribution is 5.90. The van der Waals surface area contributed by atoms with Crippen molar-refractivity contribution in [3.8, 4) is 0 Å². The fraction of sp³-hybridized carbons (Fsp3) is 0.538. The van der Waals surface area contributed by atoms with Gasteiger partial charge in [-0.1, -0.05) is 32.9 Å². The van der Waals surface area contributed by atoms with Crippen molar-refractivity contribution in [3.63, 3.8) is 0 Å². The standard InChI is InChI=1S/C26H37N7O4/c1-26(2,3)16-8-10-17(11-9-16)31-19(34)7-5-6-12-32(4)13-18-21(35)22(36)25(37-18)33-15-30-20-23(27)28-14-29-24(20)33/h8-11,14-15,18,21-22,25,35-36H,5-7,12-13H2,1-4H3,(H,31,34)(H2,27,28,29). The van der Waals surface area contributed by atoms with Crippen LogP contribution in [0.3, 0.4) is 0 Å². The summed E-state index contributed by atoms with van der Waals surface area (Å²) in [5, 5.41) is 24.2. The van der Waals surface area contributed by atoms with E-state index < -0.39 is 24.5 Å². The average Bonchev–Trinajstić information content (AvgIpc) is 3.39. The molecule has 4 rings (SSSR count). The lowest BCUT2D eigenvalue weighted by Gasteiger charge is -2.22. The summed E-state index contributed by atoms with van der Waals surface area (Å²) in [5.41, 5.74) is 8.79. The highest BCUT2D eigenvalue weighted by atomic mass is 16.6. The molecule has 5 N–H and O–H groups in total. The molecule has 3 heterocycles. The molecule has 37 heavy (non-hydrogen) atoms. The number of unbranched alkanes of at least 4 members (excludes halogenated alkanes) is 1. The lowest BCUT2D eigenvalue weighted by atomic mass is 9.87. The van der Waals surface area contributed by atoms with Gasteiger partial charge in [0.2, 0.25) is 5.91 Å². The summed E-state index contributed by atoms with van der Waals surface area (Å²) in [6, 6.07) is 7.97. The Labute approximate surface area is 216 Å². The quantitative estimate of drug-likeness (QED) is 0.316. The number of nitrogen functional groups attached to an aromatic ring is 1. The van der Waals surface area contributed by atoms with Crippen LogP contribution in [0, 0.1) is 0 Å². The van der Waals surface area contributed by atoms with Gasteiger partial charge in [-0.2, -0.15) is 0 Å². The number of likely N-dealkylation sites (N-methyl/N-ethyl adjacent to an activating group) is 1. The molecule has 1 fully saturated rings. The Morgan fingerprint density at radius 3 is 2.57 bits per heavy atom. The molecule has 11 heteroatoms. The summed E-state index contributed by atoms with van der Waals surface area (Å²) in [5.74, 6) is 0.226. The molecule has 1 amide bonds. The van der Waals surface area contributed by atoms with Crippen LogP contribution in [0.1, 0.15) is 51.8 Å². The summed E-state index contributed by atoms with van der Waals surface area (Å²) in [6.45, 7) is 7.62. The molecule has 0 saturated carbocycles. The number of benzene rings is 1. The Morgan fingerprint density at radius 2 is 1.86 bits per heavy atom. The third-order valence-electron chi connectivity index (χ3n) is 6.72. The molecule has 0 radical (unpaired) electrons. The van der Waals surface area contributed by atoms with Crippen molar-refractivity contribution in [3.05, 3.63) is 42.5 Å². The van der Waals surface area contributed by atoms with Crippen molar-refractivity contribution in [1.29, 1.82) is 0 Å². The number of aliphatic hydroxyl groups is 2. The maximum absolute atomic E-state index is 12.3. The third kappa shape index (κ3) is 6.24. The SMILES string of the molecule is CN(CCCCC(=O)Nc1ccc(C(C)(C)C)cc1)CC1OC(n2cnc3c(N)ncnc32)C(O)C1O. The summed E-state index contributed by atoms with van der Waals surface area (Å²) in [4.78, 5) is 26.7. The molecule has 1 aliphatic rings. The highest BCUT2D eigenvalue weighted by Gasteiger charge is 2.44. The zero-order valence-electron chi connectivity index (χ0n) is 21.8. The number of amides is 1. The third-order valence-corrected chi connectivity index (χ3v) is 6.72. The summed E-state index contributed by atoms with van der Waals surface area (Å²) in [7, 11) is 1.92. The number of hydrogen-bond acceptors (Lipinski definition) is 9. The first-order chi connectivity index (χ1) is 17.5. The van der Waals surface area contributed by atoms with Crippen LogP contribution in [-0.4, -0.2) is 79.0 Å². The molecule has 1 saturated heterocycles. The number of fused-ring (bicyclic) bond motifs is 1. The maximum Gasteiger partial charge on any atom is 0.224 e. The topological polar surface area (TPSA) is 152 Å². The average molecular weight is 512 g/mol. The fourth-order valence-electron chi connectivity index (χ4n) is 4.51. The minimum atomic E-state index is -1.15. The lowest BCUT2D eigenvalue weighted by molar-refractivity contribution is -0.116. The molecular formula is C26H37N7O4. The van der Waals surface area contributed by atoms with E-state index in [4.69, 9.17) is 10.5 Å². The number of carbonyl (C=O) groups excluding carboxylic acids is 1. The minimum Gasteiger partial charge on any atom is -0.387 e. The zero-order valence-corrected chi connectivity index (χ0v) is 21.8. The Balaban J connectivity index is 1.21. The monoisotopic (exact) mass is 511 g/mol. The highest BCUT2D eigenvalue weighted by Crippen LogP contribution is 2.32. The van der Waals surface area contributed by atoms with Gasteiger partial charge in [-0.15, -0.1) is 0 Å².